The molecule has 2 aromatic rings. The summed E-state index contributed by atoms with van der Waals surface area (Å²) < 4.78 is 10.9. The Kier molecular flexibility index (Phi) is 7.76. The molecule has 136 valence electrons. The topological polar surface area (TPSA) is 41.9 Å². The minimum absolute atomic E-state index is 0.291. The fourth-order valence-corrected chi connectivity index (χ4v) is 2.66. The van der Waals surface area contributed by atoms with Gasteiger partial charge in [-0.25, -0.2) is 0 Å². The Morgan fingerprint density at radius 2 is 1.68 bits per heavy atom. The first-order valence-corrected chi connectivity index (χ1v) is 8.85. The van der Waals surface area contributed by atoms with E-state index in [4.69, 9.17) is 9.47 Å². The first kappa shape index (κ1) is 19.3. The zero-order valence-electron chi connectivity index (χ0n) is 15.4. The van der Waals surface area contributed by atoms with Crippen LogP contribution in [0.4, 0.5) is 0 Å². The van der Waals surface area contributed by atoms with Gasteiger partial charge in [0.25, 0.3) is 0 Å². The van der Waals surface area contributed by atoms with Crippen molar-refractivity contribution in [1.29, 1.82) is 0 Å². The lowest BCUT2D eigenvalue weighted by Gasteiger charge is -2.30. The molecule has 2 atom stereocenters. The molecule has 4 nitrogen and oxygen atoms in total. The lowest BCUT2D eigenvalue weighted by molar-refractivity contribution is 0.0506. The van der Waals surface area contributed by atoms with Crippen LogP contribution >= 0.6 is 0 Å². The number of aliphatic hydroxyl groups is 1. The third-order valence-electron chi connectivity index (χ3n) is 4.39. The van der Waals surface area contributed by atoms with Crippen molar-refractivity contribution in [2.45, 2.75) is 39.0 Å². The summed E-state index contributed by atoms with van der Waals surface area (Å²) in [6, 6.07) is 18.1. The number of hydrogen-bond acceptors (Lipinski definition) is 4. The van der Waals surface area contributed by atoms with E-state index < -0.39 is 6.10 Å². The quantitative estimate of drug-likeness (QED) is 0.714. The number of ether oxygens (including phenoxy) is 2. The zero-order valence-corrected chi connectivity index (χ0v) is 15.4. The van der Waals surface area contributed by atoms with Gasteiger partial charge in [0.05, 0.1) is 7.11 Å². The Balaban J connectivity index is 1.91. The van der Waals surface area contributed by atoms with Gasteiger partial charge >= 0.3 is 0 Å². The van der Waals surface area contributed by atoms with Crippen LogP contribution < -0.4 is 9.47 Å². The molecule has 0 saturated carbocycles. The summed E-state index contributed by atoms with van der Waals surface area (Å²) in [4.78, 5) is 2.29. The van der Waals surface area contributed by atoms with E-state index in [9.17, 15) is 5.11 Å². The first-order chi connectivity index (χ1) is 12.1. The monoisotopic (exact) mass is 343 g/mol. The smallest absolute Gasteiger partial charge is 0.119 e. The average molecular weight is 343 g/mol. The van der Waals surface area contributed by atoms with Crippen LogP contribution in [0.15, 0.2) is 54.6 Å². The molecule has 0 aliphatic rings. The number of para-hydroxylation sites is 1. The van der Waals surface area contributed by atoms with Crippen molar-refractivity contribution < 1.29 is 14.6 Å². The Bertz CT molecular complexity index is 600. The van der Waals surface area contributed by atoms with Gasteiger partial charge in [-0.3, -0.25) is 4.90 Å². The van der Waals surface area contributed by atoms with E-state index >= 15 is 0 Å². The van der Waals surface area contributed by atoms with Crippen molar-refractivity contribution in [2.75, 3.05) is 20.3 Å². The second-order valence-electron chi connectivity index (χ2n) is 6.31. The molecule has 1 N–H and O–H groups in total. The maximum absolute atomic E-state index is 10.4. The van der Waals surface area contributed by atoms with Gasteiger partial charge in [0.1, 0.15) is 24.2 Å². The average Bonchev–Trinajstić information content (AvgIpc) is 2.66. The van der Waals surface area contributed by atoms with Gasteiger partial charge in [0.15, 0.2) is 0 Å². The van der Waals surface area contributed by atoms with Crippen molar-refractivity contribution in [3.05, 3.63) is 60.2 Å². The van der Waals surface area contributed by atoms with Crippen LogP contribution in [0.25, 0.3) is 0 Å². The first-order valence-electron chi connectivity index (χ1n) is 8.85. The number of hydrogen-bond donors (Lipinski definition) is 1. The van der Waals surface area contributed by atoms with Crippen LogP contribution in [-0.4, -0.2) is 42.4 Å². The molecule has 25 heavy (non-hydrogen) atoms. The maximum atomic E-state index is 10.4. The van der Waals surface area contributed by atoms with Gasteiger partial charge in [-0.1, -0.05) is 37.3 Å². The normalized spacial score (nSPS) is 13.5. The van der Waals surface area contributed by atoms with Crippen LogP contribution in [-0.2, 0) is 6.54 Å². The van der Waals surface area contributed by atoms with E-state index in [1.807, 2.05) is 42.5 Å². The molecule has 0 fully saturated rings. The number of aliphatic hydroxyl groups excluding tert-OH is 1. The van der Waals surface area contributed by atoms with Crippen molar-refractivity contribution in [2.24, 2.45) is 0 Å². The highest BCUT2D eigenvalue weighted by Crippen LogP contribution is 2.16. The van der Waals surface area contributed by atoms with E-state index in [1.165, 1.54) is 5.56 Å². The van der Waals surface area contributed by atoms with Gasteiger partial charge in [0, 0.05) is 19.1 Å². The molecule has 0 radical (unpaired) electrons. The Morgan fingerprint density at radius 1 is 1.00 bits per heavy atom. The third kappa shape index (κ3) is 6.40. The highest BCUT2D eigenvalue weighted by molar-refractivity contribution is 5.27. The molecular weight excluding hydrogens is 314 g/mol. The van der Waals surface area contributed by atoms with Gasteiger partial charge < -0.3 is 14.6 Å². The lowest BCUT2D eigenvalue weighted by atomic mass is 10.1. The van der Waals surface area contributed by atoms with Crippen molar-refractivity contribution in [1.82, 2.24) is 4.90 Å². The zero-order chi connectivity index (χ0) is 18.1. The van der Waals surface area contributed by atoms with Crippen LogP contribution in [0, 0.1) is 0 Å². The minimum atomic E-state index is -0.535. The van der Waals surface area contributed by atoms with Crippen molar-refractivity contribution in [3.63, 3.8) is 0 Å². The molecule has 0 aliphatic carbocycles. The predicted octanol–water partition coefficient (Wildman–Crippen LogP) is 3.74. The molecule has 0 unspecified atom stereocenters. The number of rotatable bonds is 10. The standard InChI is InChI=1S/C21H29NO3/c1-4-17(2)22(14-18-10-12-20(24-3)13-11-18)15-19(23)16-25-21-8-6-5-7-9-21/h5-13,17,19,23H,4,14-16H2,1-3H3/t17-,19-/m1/s1. The van der Waals surface area contributed by atoms with Crippen LogP contribution in [0.3, 0.4) is 0 Å². The van der Waals surface area contributed by atoms with E-state index in [0.717, 1.165) is 24.5 Å². The molecule has 0 aromatic heterocycles. The molecule has 4 heteroatoms. The molecular formula is C21H29NO3. The summed E-state index contributed by atoms with van der Waals surface area (Å²) in [7, 11) is 1.67. The second-order valence-corrected chi connectivity index (χ2v) is 6.31. The van der Waals surface area contributed by atoms with Gasteiger partial charge in [0.2, 0.25) is 0 Å². The van der Waals surface area contributed by atoms with E-state index in [0.29, 0.717) is 19.2 Å². The van der Waals surface area contributed by atoms with Crippen LogP contribution in [0.1, 0.15) is 25.8 Å². The minimum Gasteiger partial charge on any atom is -0.497 e. The van der Waals surface area contributed by atoms with Crippen molar-refractivity contribution in [3.8, 4) is 11.5 Å². The molecule has 0 heterocycles. The summed E-state index contributed by atoms with van der Waals surface area (Å²) >= 11 is 0. The van der Waals surface area contributed by atoms with E-state index in [1.54, 1.807) is 7.11 Å². The summed E-state index contributed by atoms with van der Waals surface area (Å²) in [5.74, 6) is 1.64. The van der Waals surface area contributed by atoms with E-state index in [2.05, 4.69) is 30.9 Å². The maximum Gasteiger partial charge on any atom is 0.119 e. The summed E-state index contributed by atoms with van der Waals surface area (Å²) in [6.07, 6.45) is 0.495. The van der Waals surface area contributed by atoms with Crippen LogP contribution in [0.5, 0.6) is 11.5 Å². The largest absolute Gasteiger partial charge is 0.497 e. The lowest BCUT2D eigenvalue weighted by Crippen LogP contribution is -2.40. The molecule has 0 amide bonds. The Labute approximate surface area is 151 Å². The Morgan fingerprint density at radius 3 is 2.28 bits per heavy atom. The molecule has 2 aromatic carbocycles. The predicted molar refractivity (Wildman–Crippen MR) is 101 cm³/mol. The SMILES string of the molecule is CC[C@@H](C)N(Cc1ccc(OC)cc1)C[C@@H](O)COc1ccccc1. The number of methoxy groups -OCH3 is 1. The van der Waals surface area contributed by atoms with Gasteiger partial charge in [-0.2, -0.15) is 0 Å². The summed E-state index contributed by atoms with van der Waals surface area (Å²) in [6.45, 7) is 6.02. The Hall–Kier alpha value is -2.04. The third-order valence-corrected chi connectivity index (χ3v) is 4.39. The number of benzene rings is 2. The molecule has 0 aliphatic heterocycles. The molecule has 2 rings (SSSR count). The van der Waals surface area contributed by atoms with Gasteiger partial charge in [-0.05, 0) is 43.2 Å². The van der Waals surface area contributed by atoms with Crippen LogP contribution in [0.2, 0.25) is 0 Å². The summed E-state index contributed by atoms with van der Waals surface area (Å²) in [5, 5.41) is 10.4. The fourth-order valence-electron chi connectivity index (χ4n) is 2.66. The van der Waals surface area contributed by atoms with Gasteiger partial charge in [-0.15, -0.1) is 0 Å². The molecule has 0 saturated heterocycles. The second kappa shape index (κ2) is 10.1. The fraction of sp³-hybridized carbons (Fsp3) is 0.429. The van der Waals surface area contributed by atoms with E-state index in [-0.39, 0.29) is 0 Å². The highest BCUT2D eigenvalue weighted by Gasteiger charge is 2.17. The van der Waals surface area contributed by atoms with Crippen molar-refractivity contribution >= 4 is 0 Å². The molecule has 0 bridgehead atoms. The highest BCUT2D eigenvalue weighted by atomic mass is 16.5. The summed E-state index contributed by atoms with van der Waals surface area (Å²) in [5.41, 5.74) is 1.21. The number of nitrogens with zero attached hydrogens (tertiary/aromatic N) is 1. The molecule has 0 spiro atoms.